The van der Waals surface area contributed by atoms with E-state index in [1.54, 1.807) is 7.11 Å². The van der Waals surface area contributed by atoms with Gasteiger partial charge in [-0.05, 0) is 54.8 Å². The standard InChI is InChI=1S/C27H28N4O2/c1-33-24-7-4-5-20(17-24)19-31-25-8-3-2-6-21(25)18-26(31)27(32)29-22-11-15-30(16-12-22)23-9-13-28-14-10-23/h2-10,13-14,17-18,22H,11-12,15-16,19H2,1H3,(H,29,32). The number of para-hydroxylation sites is 1. The molecule has 1 fully saturated rings. The highest BCUT2D eigenvalue weighted by atomic mass is 16.5. The molecule has 0 aliphatic carbocycles. The van der Waals surface area contributed by atoms with Gasteiger partial charge in [0.15, 0.2) is 0 Å². The molecular formula is C27H28N4O2. The van der Waals surface area contributed by atoms with Crippen LogP contribution in [0.1, 0.15) is 28.9 Å². The Morgan fingerprint density at radius 2 is 1.82 bits per heavy atom. The van der Waals surface area contributed by atoms with Gasteiger partial charge in [-0.1, -0.05) is 30.3 Å². The van der Waals surface area contributed by atoms with Crippen molar-refractivity contribution in [2.24, 2.45) is 0 Å². The lowest BCUT2D eigenvalue weighted by Crippen LogP contribution is -2.45. The molecule has 3 heterocycles. The van der Waals surface area contributed by atoms with Crippen molar-refractivity contribution in [3.05, 3.63) is 90.4 Å². The summed E-state index contributed by atoms with van der Waals surface area (Å²) in [6, 6.07) is 22.4. The van der Waals surface area contributed by atoms with Gasteiger partial charge in [0.2, 0.25) is 0 Å². The number of fused-ring (bicyclic) bond motifs is 1. The van der Waals surface area contributed by atoms with E-state index >= 15 is 0 Å². The van der Waals surface area contributed by atoms with Crippen molar-refractivity contribution in [1.82, 2.24) is 14.9 Å². The van der Waals surface area contributed by atoms with Crippen LogP contribution in [0.5, 0.6) is 5.75 Å². The molecule has 0 spiro atoms. The van der Waals surface area contributed by atoms with Gasteiger partial charge in [0.1, 0.15) is 11.4 Å². The summed E-state index contributed by atoms with van der Waals surface area (Å²) in [4.78, 5) is 19.8. The Labute approximate surface area is 193 Å². The minimum Gasteiger partial charge on any atom is -0.497 e. The minimum absolute atomic E-state index is 0.0172. The SMILES string of the molecule is COc1cccc(Cn2c(C(=O)NC3CCN(c4ccncc4)CC3)cc3ccccc32)c1. The fraction of sp³-hybridized carbons (Fsp3) is 0.259. The molecule has 0 atom stereocenters. The van der Waals surface area contributed by atoms with Crippen molar-refractivity contribution < 1.29 is 9.53 Å². The number of carbonyl (C=O) groups excluding carboxylic acids is 1. The van der Waals surface area contributed by atoms with Crippen LogP contribution in [0, 0.1) is 0 Å². The monoisotopic (exact) mass is 440 g/mol. The third-order valence-corrected chi connectivity index (χ3v) is 6.38. The van der Waals surface area contributed by atoms with Crippen LogP contribution in [-0.4, -0.2) is 41.7 Å². The van der Waals surface area contributed by atoms with Gasteiger partial charge in [0.05, 0.1) is 7.11 Å². The quantitative estimate of drug-likeness (QED) is 0.480. The van der Waals surface area contributed by atoms with Crippen LogP contribution >= 0.6 is 0 Å². The number of rotatable bonds is 6. The molecule has 33 heavy (non-hydrogen) atoms. The summed E-state index contributed by atoms with van der Waals surface area (Å²) < 4.78 is 7.49. The van der Waals surface area contributed by atoms with Gasteiger partial charge in [-0.3, -0.25) is 9.78 Å². The molecule has 0 saturated carbocycles. The maximum absolute atomic E-state index is 13.4. The largest absolute Gasteiger partial charge is 0.497 e. The van der Waals surface area contributed by atoms with E-state index in [4.69, 9.17) is 4.74 Å². The number of hydrogen-bond donors (Lipinski definition) is 1. The number of pyridine rings is 1. The maximum atomic E-state index is 13.4. The normalized spacial score (nSPS) is 14.4. The number of ether oxygens (including phenoxy) is 1. The van der Waals surface area contributed by atoms with Crippen LogP contribution < -0.4 is 15.0 Å². The second kappa shape index (κ2) is 9.36. The van der Waals surface area contributed by atoms with Crippen molar-refractivity contribution in [3.63, 3.8) is 0 Å². The van der Waals surface area contributed by atoms with Crippen molar-refractivity contribution in [1.29, 1.82) is 0 Å². The fourth-order valence-electron chi connectivity index (χ4n) is 4.62. The summed E-state index contributed by atoms with van der Waals surface area (Å²) in [6.07, 6.45) is 5.49. The number of methoxy groups -OCH3 is 1. The zero-order valence-corrected chi connectivity index (χ0v) is 18.8. The first-order chi connectivity index (χ1) is 16.2. The highest BCUT2D eigenvalue weighted by molar-refractivity contribution is 5.99. The molecule has 1 aliphatic heterocycles. The predicted molar refractivity (Wildman–Crippen MR) is 131 cm³/mol. The van der Waals surface area contributed by atoms with E-state index in [0.29, 0.717) is 12.2 Å². The lowest BCUT2D eigenvalue weighted by molar-refractivity contribution is 0.0922. The minimum atomic E-state index is -0.0172. The molecule has 5 rings (SSSR count). The number of anilines is 1. The Morgan fingerprint density at radius 1 is 1.03 bits per heavy atom. The third kappa shape index (κ3) is 4.55. The van der Waals surface area contributed by atoms with Crippen molar-refractivity contribution in [3.8, 4) is 5.75 Å². The van der Waals surface area contributed by atoms with E-state index in [1.165, 1.54) is 5.69 Å². The fourth-order valence-corrected chi connectivity index (χ4v) is 4.62. The number of nitrogens with one attached hydrogen (secondary N) is 1. The Morgan fingerprint density at radius 3 is 2.61 bits per heavy atom. The molecule has 0 radical (unpaired) electrons. The number of amides is 1. The van der Waals surface area contributed by atoms with E-state index in [0.717, 1.165) is 48.1 Å². The van der Waals surface area contributed by atoms with Crippen LogP contribution in [-0.2, 0) is 6.54 Å². The van der Waals surface area contributed by atoms with Crippen molar-refractivity contribution >= 4 is 22.5 Å². The number of benzene rings is 2. The Balaban J connectivity index is 1.34. The number of aromatic nitrogens is 2. The molecule has 0 bridgehead atoms. The first kappa shape index (κ1) is 21.1. The first-order valence-corrected chi connectivity index (χ1v) is 11.4. The maximum Gasteiger partial charge on any atom is 0.268 e. The summed E-state index contributed by atoms with van der Waals surface area (Å²) in [7, 11) is 1.67. The Kier molecular flexibility index (Phi) is 5.98. The number of nitrogens with zero attached hydrogens (tertiary/aromatic N) is 3. The van der Waals surface area contributed by atoms with Gasteiger partial charge in [-0.2, -0.15) is 0 Å². The lowest BCUT2D eigenvalue weighted by Gasteiger charge is -2.33. The second-order valence-electron chi connectivity index (χ2n) is 8.47. The average molecular weight is 441 g/mol. The van der Waals surface area contributed by atoms with Crippen molar-refractivity contribution in [2.45, 2.75) is 25.4 Å². The molecule has 1 amide bonds. The summed E-state index contributed by atoms with van der Waals surface area (Å²) in [5, 5.41) is 4.36. The molecule has 6 nitrogen and oxygen atoms in total. The number of carbonyl (C=O) groups is 1. The van der Waals surface area contributed by atoms with E-state index < -0.39 is 0 Å². The molecule has 2 aromatic carbocycles. The molecule has 168 valence electrons. The van der Waals surface area contributed by atoms with E-state index in [1.807, 2.05) is 60.9 Å². The van der Waals surface area contributed by atoms with E-state index in [-0.39, 0.29) is 11.9 Å². The molecular weight excluding hydrogens is 412 g/mol. The zero-order chi connectivity index (χ0) is 22.6. The summed E-state index contributed by atoms with van der Waals surface area (Å²) in [5.41, 5.74) is 4.03. The molecule has 4 aromatic rings. The summed E-state index contributed by atoms with van der Waals surface area (Å²) in [6.45, 7) is 2.44. The van der Waals surface area contributed by atoms with Crippen LogP contribution in [0.4, 0.5) is 5.69 Å². The van der Waals surface area contributed by atoms with Gasteiger partial charge in [0.25, 0.3) is 5.91 Å². The topological polar surface area (TPSA) is 59.4 Å². The second-order valence-corrected chi connectivity index (χ2v) is 8.47. The van der Waals surface area contributed by atoms with Gasteiger partial charge < -0.3 is 19.5 Å². The highest BCUT2D eigenvalue weighted by Gasteiger charge is 2.23. The lowest BCUT2D eigenvalue weighted by atomic mass is 10.0. The third-order valence-electron chi connectivity index (χ3n) is 6.38. The summed E-state index contributed by atoms with van der Waals surface area (Å²) in [5.74, 6) is 0.798. The Hall–Kier alpha value is -3.80. The van der Waals surface area contributed by atoms with Gasteiger partial charge in [0, 0.05) is 54.7 Å². The average Bonchev–Trinajstić information content (AvgIpc) is 3.24. The van der Waals surface area contributed by atoms with Gasteiger partial charge >= 0.3 is 0 Å². The van der Waals surface area contributed by atoms with Crippen LogP contribution in [0.2, 0.25) is 0 Å². The molecule has 1 N–H and O–H groups in total. The van der Waals surface area contributed by atoms with Crippen LogP contribution in [0.25, 0.3) is 10.9 Å². The van der Waals surface area contributed by atoms with Crippen LogP contribution in [0.15, 0.2) is 79.1 Å². The van der Waals surface area contributed by atoms with Crippen LogP contribution in [0.3, 0.4) is 0 Å². The molecule has 0 unspecified atom stereocenters. The Bertz CT molecular complexity index is 1240. The van der Waals surface area contributed by atoms with Gasteiger partial charge in [-0.25, -0.2) is 0 Å². The predicted octanol–water partition coefficient (Wildman–Crippen LogP) is 4.49. The smallest absolute Gasteiger partial charge is 0.268 e. The molecule has 1 aliphatic rings. The highest BCUT2D eigenvalue weighted by Crippen LogP contribution is 2.24. The zero-order valence-electron chi connectivity index (χ0n) is 18.8. The number of piperidine rings is 1. The van der Waals surface area contributed by atoms with E-state index in [2.05, 4.69) is 38.0 Å². The van der Waals surface area contributed by atoms with Crippen molar-refractivity contribution in [2.75, 3.05) is 25.1 Å². The molecule has 2 aromatic heterocycles. The summed E-state index contributed by atoms with van der Waals surface area (Å²) >= 11 is 0. The number of hydrogen-bond acceptors (Lipinski definition) is 4. The van der Waals surface area contributed by atoms with Gasteiger partial charge in [-0.15, -0.1) is 0 Å². The van der Waals surface area contributed by atoms with E-state index in [9.17, 15) is 4.79 Å². The first-order valence-electron chi connectivity index (χ1n) is 11.4. The molecule has 6 heteroatoms. The molecule has 1 saturated heterocycles.